The number of rotatable bonds is 4. The molecule has 1 saturated heterocycles. The summed E-state index contributed by atoms with van der Waals surface area (Å²) in [6, 6.07) is 15.0. The molecule has 25 heavy (non-hydrogen) atoms. The Bertz CT molecular complexity index is 829. The highest BCUT2D eigenvalue weighted by molar-refractivity contribution is 6.32. The molecule has 1 aliphatic rings. The minimum absolute atomic E-state index is 0.0288. The SMILES string of the molecule is COC[C@@H]1CCCN1C(=O)c1cccc(-c2ccc(C#N)c(Cl)c2)c1. The van der Waals surface area contributed by atoms with Crippen molar-refractivity contribution >= 4 is 17.5 Å². The molecule has 2 aromatic carbocycles. The van der Waals surface area contributed by atoms with Crippen LogP contribution in [-0.2, 0) is 4.74 Å². The molecule has 0 saturated carbocycles. The highest BCUT2D eigenvalue weighted by atomic mass is 35.5. The molecule has 0 bridgehead atoms. The molecule has 0 radical (unpaired) electrons. The molecule has 128 valence electrons. The third-order valence-corrected chi connectivity index (χ3v) is 4.84. The van der Waals surface area contributed by atoms with E-state index in [0.29, 0.717) is 22.8 Å². The summed E-state index contributed by atoms with van der Waals surface area (Å²) >= 11 is 6.13. The molecule has 0 N–H and O–H groups in total. The number of nitrogens with zero attached hydrogens (tertiary/aromatic N) is 2. The molecule has 1 fully saturated rings. The largest absolute Gasteiger partial charge is 0.383 e. The number of carbonyl (C=O) groups is 1. The van der Waals surface area contributed by atoms with Gasteiger partial charge in [0.15, 0.2) is 0 Å². The van der Waals surface area contributed by atoms with Gasteiger partial charge in [-0.2, -0.15) is 5.26 Å². The van der Waals surface area contributed by atoms with Crippen LogP contribution in [0.2, 0.25) is 5.02 Å². The van der Waals surface area contributed by atoms with E-state index in [1.54, 1.807) is 19.2 Å². The molecule has 1 heterocycles. The van der Waals surface area contributed by atoms with Crippen LogP contribution in [0.15, 0.2) is 42.5 Å². The summed E-state index contributed by atoms with van der Waals surface area (Å²) in [6.07, 6.45) is 1.98. The minimum atomic E-state index is 0.0288. The van der Waals surface area contributed by atoms with Crippen LogP contribution in [0.1, 0.15) is 28.8 Å². The third-order valence-electron chi connectivity index (χ3n) is 4.53. The maximum absolute atomic E-state index is 12.9. The zero-order valence-corrected chi connectivity index (χ0v) is 14.8. The fraction of sp³-hybridized carbons (Fsp3) is 0.300. The van der Waals surface area contributed by atoms with Gasteiger partial charge in [0.25, 0.3) is 5.91 Å². The van der Waals surface area contributed by atoms with Gasteiger partial charge in [-0.25, -0.2) is 0 Å². The lowest BCUT2D eigenvalue weighted by Gasteiger charge is -2.24. The number of carbonyl (C=O) groups excluding carboxylic acids is 1. The van der Waals surface area contributed by atoms with E-state index >= 15 is 0 Å². The Morgan fingerprint density at radius 1 is 1.32 bits per heavy atom. The van der Waals surface area contributed by atoms with Crippen LogP contribution in [0.5, 0.6) is 0 Å². The number of halogens is 1. The van der Waals surface area contributed by atoms with Crippen molar-refractivity contribution in [2.24, 2.45) is 0 Å². The molecule has 0 aromatic heterocycles. The van der Waals surface area contributed by atoms with Crippen molar-refractivity contribution in [2.75, 3.05) is 20.3 Å². The van der Waals surface area contributed by atoms with Crippen molar-refractivity contribution in [1.29, 1.82) is 5.26 Å². The van der Waals surface area contributed by atoms with Gasteiger partial charge >= 0.3 is 0 Å². The Labute approximate surface area is 152 Å². The van der Waals surface area contributed by atoms with Gasteiger partial charge < -0.3 is 9.64 Å². The molecule has 2 aromatic rings. The summed E-state index contributed by atoms with van der Waals surface area (Å²) in [7, 11) is 1.66. The average molecular weight is 355 g/mol. The van der Waals surface area contributed by atoms with Gasteiger partial charge in [-0.05, 0) is 48.2 Å². The van der Waals surface area contributed by atoms with Crippen molar-refractivity contribution in [3.05, 3.63) is 58.6 Å². The number of ether oxygens (including phenoxy) is 1. The van der Waals surface area contributed by atoms with Crippen LogP contribution < -0.4 is 0 Å². The third kappa shape index (κ3) is 3.68. The quantitative estimate of drug-likeness (QED) is 0.829. The minimum Gasteiger partial charge on any atom is -0.383 e. The lowest BCUT2D eigenvalue weighted by molar-refractivity contribution is 0.0630. The topological polar surface area (TPSA) is 53.3 Å². The Kier molecular flexibility index (Phi) is 5.37. The van der Waals surface area contributed by atoms with E-state index in [-0.39, 0.29) is 11.9 Å². The molecule has 0 unspecified atom stereocenters. The van der Waals surface area contributed by atoms with Crippen LogP contribution in [0, 0.1) is 11.3 Å². The van der Waals surface area contributed by atoms with Crippen LogP contribution in [0.4, 0.5) is 0 Å². The molecule has 5 heteroatoms. The standard InChI is InChI=1S/C20H19ClN2O2/c1-25-13-18-6-3-9-23(18)20(24)16-5-2-4-14(10-16)15-7-8-17(12-22)19(21)11-15/h2,4-5,7-8,10-11,18H,3,6,9,13H2,1H3/t18-/m0/s1. The lowest BCUT2D eigenvalue weighted by atomic mass is 10.0. The fourth-order valence-corrected chi connectivity index (χ4v) is 3.47. The van der Waals surface area contributed by atoms with E-state index in [9.17, 15) is 4.79 Å². The van der Waals surface area contributed by atoms with Crippen molar-refractivity contribution in [1.82, 2.24) is 4.90 Å². The zero-order valence-electron chi connectivity index (χ0n) is 14.0. The van der Waals surface area contributed by atoms with Gasteiger partial charge in [0.2, 0.25) is 0 Å². The van der Waals surface area contributed by atoms with Crippen molar-refractivity contribution in [2.45, 2.75) is 18.9 Å². The Morgan fingerprint density at radius 2 is 2.12 bits per heavy atom. The van der Waals surface area contributed by atoms with E-state index in [2.05, 4.69) is 6.07 Å². The van der Waals surface area contributed by atoms with E-state index in [1.807, 2.05) is 35.2 Å². The normalized spacial score (nSPS) is 16.7. The van der Waals surface area contributed by atoms with Crippen LogP contribution in [0.25, 0.3) is 11.1 Å². The van der Waals surface area contributed by atoms with Gasteiger partial charge in [-0.3, -0.25) is 4.79 Å². The number of hydrogen-bond acceptors (Lipinski definition) is 3. The Morgan fingerprint density at radius 3 is 2.84 bits per heavy atom. The van der Waals surface area contributed by atoms with Crippen molar-refractivity contribution < 1.29 is 9.53 Å². The monoisotopic (exact) mass is 354 g/mol. The molecular formula is C20H19ClN2O2. The van der Waals surface area contributed by atoms with Gasteiger partial charge in [0.05, 0.1) is 23.2 Å². The van der Waals surface area contributed by atoms with Crippen LogP contribution in [0.3, 0.4) is 0 Å². The molecular weight excluding hydrogens is 336 g/mol. The molecule has 0 spiro atoms. The van der Waals surface area contributed by atoms with Crippen LogP contribution in [-0.4, -0.2) is 37.1 Å². The summed E-state index contributed by atoms with van der Waals surface area (Å²) in [5, 5.41) is 9.41. The first-order valence-corrected chi connectivity index (χ1v) is 8.62. The van der Waals surface area contributed by atoms with E-state index in [4.69, 9.17) is 21.6 Å². The van der Waals surface area contributed by atoms with Crippen LogP contribution >= 0.6 is 11.6 Å². The first-order valence-electron chi connectivity index (χ1n) is 8.24. The second-order valence-corrected chi connectivity index (χ2v) is 6.54. The predicted molar refractivity (Wildman–Crippen MR) is 97.5 cm³/mol. The van der Waals surface area contributed by atoms with Gasteiger partial charge in [-0.15, -0.1) is 0 Å². The predicted octanol–water partition coefficient (Wildman–Crippen LogP) is 4.13. The number of amides is 1. The Balaban J connectivity index is 1.88. The molecule has 4 nitrogen and oxygen atoms in total. The maximum Gasteiger partial charge on any atom is 0.254 e. The Hall–Kier alpha value is -2.35. The summed E-state index contributed by atoms with van der Waals surface area (Å²) in [4.78, 5) is 14.8. The van der Waals surface area contributed by atoms with Crippen molar-refractivity contribution in [3.63, 3.8) is 0 Å². The second-order valence-electron chi connectivity index (χ2n) is 6.14. The van der Waals surface area contributed by atoms with Gasteiger partial charge in [-0.1, -0.05) is 29.8 Å². The van der Waals surface area contributed by atoms with E-state index < -0.39 is 0 Å². The smallest absolute Gasteiger partial charge is 0.254 e. The zero-order chi connectivity index (χ0) is 17.8. The summed E-state index contributed by atoms with van der Waals surface area (Å²) in [5.41, 5.74) is 2.88. The van der Waals surface area contributed by atoms with Gasteiger partial charge in [0, 0.05) is 19.2 Å². The van der Waals surface area contributed by atoms with E-state index in [0.717, 1.165) is 30.5 Å². The molecule has 1 amide bonds. The van der Waals surface area contributed by atoms with Crippen molar-refractivity contribution in [3.8, 4) is 17.2 Å². The number of nitriles is 1. The number of benzene rings is 2. The molecule has 1 atom stereocenters. The summed E-state index contributed by atoms with van der Waals surface area (Å²) in [5.74, 6) is 0.0288. The van der Waals surface area contributed by atoms with Gasteiger partial charge in [0.1, 0.15) is 6.07 Å². The highest BCUT2D eigenvalue weighted by Gasteiger charge is 2.29. The average Bonchev–Trinajstić information content (AvgIpc) is 3.09. The summed E-state index contributed by atoms with van der Waals surface area (Å²) < 4.78 is 5.24. The maximum atomic E-state index is 12.9. The first kappa shape index (κ1) is 17.5. The number of methoxy groups -OCH3 is 1. The molecule has 3 rings (SSSR count). The number of hydrogen-bond donors (Lipinski definition) is 0. The fourth-order valence-electron chi connectivity index (χ4n) is 3.25. The lowest BCUT2D eigenvalue weighted by Crippen LogP contribution is -2.38. The number of likely N-dealkylation sites (tertiary alicyclic amines) is 1. The molecule has 0 aliphatic carbocycles. The molecule has 1 aliphatic heterocycles. The van der Waals surface area contributed by atoms with E-state index in [1.165, 1.54) is 0 Å². The second kappa shape index (κ2) is 7.69. The highest BCUT2D eigenvalue weighted by Crippen LogP contribution is 2.27. The summed E-state index contributed by atoms with van der Waals surface area (Å²) in [6.45, 7) is 1.33. The first-order chi connectivity index (χ1) is 12.1.